The van der Waals surface area contributed by atoms with E-state index in [1.807, 2.05) is 12.2 Å². The van der Waals surface area contributed by atoms with Crippen LogP contribution in [-0.4, -0.2) is 36.6 Å². The number of anilines is 1. The van der Waals surface area contributed by atoms with E-state index in [0.29, 0.717) is 10.6 Å². The number of carbonyl (C=O) groups excluding carboxylic acids is 3. The Hall–Kier alpha value is -1.99. The number of imide groups is 1. The number of aryl methyl sites for hydroxylation is 1. The molecule has 5 rings (SSSR count). The monoisotopic (exact) mass is 373 g/mol. The summed E-state index contributed by atoms with van der Waals surface area (Å²) in [6, 6.07) is 0. The summed E-state index contributed by atoms with van der Waals surface area (Å²) >= 11 is 1.40. The van der Waals surface area contributed by atoms with E-state index in [0.717, 1.165) is 36.1 Å². The van der Waals surface area contributed by atoms with Gasteiger partial charge in [-0.1, -0.05) is 12.2 Å². The van der Waals surface area contributed by atoms with Crippen LogP contribution in [0.25, 0.3) is 0 Å². The highest BCUT2D eigenvalue weighted by atomic mass is 32.1. The third kappa shape index (κ3) is 2.04. The van der Waals surface area contributed by atoms with E-state index < -0.39 is 17.8 Å². The number of ether oxygens (including phenoxy) is 2. The number of rotatable bonds is 3. The third-order valence-electron chi connectivity index (χ3n) is 5.75. The van der Waals surface area contributed by atoms with Crippen molar-refractivity contribution in [2.75, 3.05) is 11.5 Å². The normalized spacial score (nSPS) is 31.5. The van der Waals surface area contributed by atoms with Crippen molar-refractivity contribution < 1.29 is 23.9 Å². The van der Waals surface area contributed by atoms with Gasteiger partial charge < -0.3 is 9.47 Å². The molecule has 0 saturated carbocycles. The number of nitrogens with zero attached hydrogens (tertiary/aromatic N) is 1. The van der Waals surface area contributed by atoms with E-state index >= 15 is 0 Å². The molecule has 4 aliphatic rings. The second-order valence-corrected chi connectivity index (χ2v) is 8.21. The van der Waals surface area contributed by atoms with Crippen LogP contribution in [0.3, 0.4) is 0 Å². The predicted molar refractivity (Wildman–Crippen MR) is 94.2 cm³/mol. The molecule has 1 aromatic heterocycles. The molecule has 2 amide bonds. The van der Waals surface area contributed by atoms with E-state index in [2.05, 4.69) is 0 Å². The summed E-state index contributed by atoms with van der Waals surface area (Å²) in [7, 11) is 0. The molecule has 1 aromatic rings. The standard InChI is InChI=1S/C19H19NO5S/c1-2-24-19(23)13-9-5-3-4-6-12(9)26-18(13)20-16(21)14-10-7-8-11(25-10)15(14)17(20)22/h7-8,10-11,14-15H,2-6H2,1H3/t10-,11-,14-,15-/m1/s1. The maximum Gasteiger partial charge on any atom is 0.341 e. The van der Waals surface area contributed by atoms with Gasteiger partial charge in [-0.15, -0.1) is 11.3 Å². The molecule has 7 heteroatoms. The molecular formula is C19H19NO5S. The zero-order valence-corrected chi connectivity index (χ0v) is 15.2. The highest BCUT2D eigenvalue weighted by Crippen LogP contribution is 2.49. The lowest BCUT2D eigenvalue weighted by Gasteiger charge is -2.18. The first-order valence-electron chi connectivity index (χ1n) is 9.15. The Balaban J connectivity index is 1.60. The van der Waals surface area contributed by atoms with Crippen LogP contribution in [0.1, 0.15) is 40.6 Å². The molecule has 6 nitrogen and oxygen atoms in total. The number of hydrogen-bond acceptors (Lipinski definition) is 6. The van der Waals surface area contributed by atoms with E-state index in [4.69, 9.17) is 9.47 Å². The Morgan fingerprint density at radius 3 is 2.50 bits per heavy atom. The van der Waals surface area contributed by atoms with Crippen molar-refractivity contribution in [1.82, 2.24) is 0 Å². The lowest BCUT2D eigenvalue weighted by Crippen LogP contribution is -2.35. The SMILES string of the molecule is CCOC(=O)c1c(N2C(=O)[C@H]3[C@H](C2=O)[C@H]2C=C[C@H]3O2)sc2c1CCCC2. The van der Waals surface area contributed by atoms with Gasteiger partial charge >= 0.3 is 5.97 Å². The fourth-order valence-electron chi connectivity index (χ4n) is 4.63. The quantitative estimate of drug-likeness (QED) is 0.462. The molecule has 0 aromatic carbocycles. The zero-order valence-electron chi connectivity index (χ0n) is 14.4. The first-order chi connectivity index (χ1) is 12.6. The van der Waals surface area contributed by atoms with Gasteiger partial charge in [-0.25, -0.2) is 9.69 Å². The smallest absolute Gasteiger partial charge is 0.341 e. The molecule has 2 fully saturated rings. The average molecular weight is 373 g/mol. The number of amides is 2. The van der Waals surface area contributed by atoms with Crippen molar-refractivity contribution in [1.29, 1.82) is 0 Å². The number of fused-ring (bicyclic) bond motifs is 6. The van der Waals surface area contributed by atoms with Crippen molar-refractivity contribution in [3.63, 3.8) is 0 Å². The maximum absolute atomic E-state index is 13.1. The lowest BCUT2D eigenvalue weighted by molar-refractivity contribution is -0.124. The van der Waals surface area contributed by atoms with Gasteiger partial charge in [0.1, 0.15) is 5.00 Å². The molecule has 0 N–H and O–H groups in total. The van der Waals surface area contributed by atoms with Gasteiger partial charge in [-0.3, -0.25) is 9.59 Å². The van der Waals surface area contributed by atoms with Crippen LogP contribution in [-0.2, 0) is 31.9 Å². The number of esters is 1. The van der Waals surface area contributed by atoms with E-state index in [1.165, 1.54) is 16.2 Å². The summed E-state index contributed by atoms with van der Waals surface area (Å²) in [5, 5.41) is 0.458. The van der Waals surface area contributed by atoms with Gasteiger partial charge in [-0.2, -0.15) is 0 Å². The fourth-order valence-corrected chi connectivity index (χ4v) is 6.01. The topological polar surface area (TPSA) is 72.9 Å². The van der Waals surface area contributed by atoms with Crippen LogP contribution in [0.2, 0.25) is 0 Å². The Morgan fingerprint density at radius 1 is 1.19 bits per heavy atom. The van der Waals surface area contributed by atoms with Gasteiger partial charge in [0.15, 0.2) is 0 Å². The fraction of sp³-hybridized carbons (Fsp3) is 0.526. The molecule has 1 aliphatic carbocycles. The van der Waals surface area contributed by atoms with E-state index in [1.54, 1.807) is 6.92 Å². The molecule has 3 aliphatic heterocycles. The minimum atomic E-state index is -0.466. The van der Waals surface area contributed by atoms with E-state index in [-0.39, 0.29) is 30.6 Å². The van der Waals surface area contributed by atoms with Gasteiger partial charge in [-0.05, 0) is 38.2 Å². The van der Waals surface area contributed by atoms with Crippen LogP contribution in [0.4, 0.5) is 5.00 Å². The zero-order chi connectivity index (χ0) is 18.0. The predicted octanol–water partition coefficient (Wildman–Crippen LogP) is 2.25. The molecule has 2 saturated heterocycles. The highest BCUT2D eigenvalue weighted by molar-refractivity contribution is 7.17. The minimum absolute atomic E-state index is 0.249. The Kier molecular flexibility index (Phi) is 3.59. The van der Waals surface area contributed by atoms with Gasteiger partial charge in [0.05, 0.1) is 36.2 Å². The summed E-state index contributed by atoms with van der Waals surface area (Å²) in [5.41, 5.74) is 1.39. The number of carbonyl (C=O) groups is 3. The van der Waals surface area contributed by atoms with Crippen LogP contribution in [0, 0.1) is 11.8 Å². The van der Waals surface area contributed by atoms with Crippen molar-refractivity contribution >= 4 is 34.1 Å². The van der Waals surface area contributed by atoms with Crippen molar-refractivity contribution in [2.45, 2.75) is 44.8 Å². The molecular weight excluding hydrogens is 354 g/mol. The average Bonchev–Trinajstić information content (AvgIpc) is 3.37. The number of hydrogen-bond donors (Lipinski definition) is 0. The molecule has 2 bridgehead atoms. The van der Waals surface area contributed by atoms with Crippen molar-refractivity contribution in [3.05, 3.63) is 28.2 Å². The number of thiophene rings is 1. The molecule has 0 unspecified atom stereocenters. The van der Waals surface area contributed by atoms with Gasteiger partial charge in [0, 0.05) is 4.88 Å². The largest absolute Gasteiger partial charge is 0.462 e. The van der Waals surface area contributed by atoms with Crippen molar-refractivity contribution in [2.24, 2.45) is 11.8 Å². The maximum atomic E-state index is 13.1. The van der Waals surface area contributed by atoms with Crippen LogP contribution in [0.15, 0.2) is 12.2 Å². The van der Waals surface area contributed by atoms with Crippen LogP contribution >= 0.6 is 11.3 Å². The summed E-state index contributed by atoms with van der Waals surface area (Å²) < 4.78 is 10.9. The Morgan fingerprint density at radius 2 is 1.85 bits per heavy atom. The second kappa shape index (κ2) is 5.76. The Bertz CT molecular complexity index is 826. The summed E-state index contributed by atoms with van der Waals surface area (Å²) in [6.07, 6.45) is 6.82. The molecule has 26 heavy (non-hydrogen) atoms. The highest BCUT2D eigenvalue weighted by Gasteiger charge is 2.61. The van der Waals surface area contributed by atoms with E-state index in [9.17, 15) is 14.4 Å². The first kappa shape index (κ1) is 16.2. The lowest BCUT2D eigenvalue weighted by atomic mass is 9.85. The minimum Gasteiger partial charge on any atom is -0.462 e. The van der Waals surface area contributed by atoms with Crippen LogP contribution < -0.4 is 4.90 Å². The summed E-state index contributed by atoms with van der Waals surface area (Å²) in [5.74, 6) is -1.86. The van der Waals surface area contributed by atoms with Gasteiger partial charge in [0.2, 0.25) is 11.8 Å². The molecule has 136 valence electrons. The summed E-state index contributed by atoms with van der Waals surface area (Å²) in [4.78, 5) is 41.2. The van der Waals surface area contributed by atoms with Gasteiger partial charge in [0.25, 0.3) is 0 Å². The van der Waals surface area contributed by atoms with Crippen molar-refractivity contribution in [3.8, 4) is 0 Å². The summed E-state index contributed by atoms with van der Waals surface area (Å²) in [6.45, 7) is 2.02. The molecule has 4 atom stereocenters. The molecule has 0 radical (unpaired) electrons. The van der Waals surface area contributed by atoms with Crippen LogP contribution in [0.5, 0.6) is 0 Å². The molecule has 4 heterocycles. The third-order valence-corrected chi connectivity index (χ3v) is 7.02. The molecule has 0 spiro atoms. The Labute approximate surface area is 154 Å². The first-order valence-corrected chi connectivity index (χ1v) is 9.96. The second-order valence-electron chi connectivity index (χ2n) is 7.13.